The average molecular weight is 213 g/mol. The lowest BCUT2D eigenvalue weighted by Gasteiger charge is -2.13. The van der Waals surface area contributed by atoms with Gasteiger partial charge in [0.2, 0.25) is 0 Å². The third-order valence-electron chi connectivity index (χ3n) is 3.42. The minimum Gasteiger partial charge on any atom is -0.384 e. The summed E-state index contributed by atoms with van der Waals surface area (Å²) >= 11 is 0. The Labute approximate surface area is 94.9 Å². The van der Waals surface area contributed by atoms with Crippen LogP contribution < -0.4 is 5.32 Å². The maximum Gasteiger partial charge on any atom is 0.0703 e. The van der Waals surface area contributed by atoms with E-state index in [0.717, 1.165) is 13.0 Å². The summed E-state index contributed by atoms with van der Waals surface area (Å²) in [6.07, 6.45) is 2.96. The first-order valence-corrected chi connectivity index (χ1v) is 5.64. The highest BCUT2D eigenvalue weighted by atomic mass is 15.1. The molecule has 0 saturated heterocycles. The standard InChI is InChI=1S/C13H15N3/c1-8-3-4-11-12(9(8)2)14-6-5-10-7-15-16-13(10)11/h3-4,7,14H,5-6H2,1-2H3,(H,15,16). The van der Waals surface area contributed by atoms with E-state index in [1.165, 1.54) is 33.6 Å². The molecule has 82 valence electrons. The zero-order chi connectivity index (χ0) is 11.1. The summed E-state index contributed by atoms with van der Waals surface area (Å²) in [5.41, 5.74) is 7.63. The lowest BCUT2D eigenvalue weighted by molar-refractivity contribution is 1.03. The number of hydrogen-bond acceptors (Lipinski definition) is 2. The van der Waals surface area contributed by atoms with Gasteiger partial charge in [0.25, 0.3) is 0 Å². The molecule has 1 aromatic carbocycles. The summed E-state index contributed by atoms with van der Waals surface area (Å²) < 4.78 is 0. The molecule has 0 atom stereocenters. The van der Waals surface area contributed by atoms with Gasteiger partial charge in [-0.2, -0.15) is 5.10 Å². The molecule has 3 nitrogen and oxygen atoms in total. The highest BCUT2D eigenvalue weighted by Gasteiger charge is 2.17. The molecule has 2 heterocycles. The fraction of sp³-hybridized carbons (Fsp3) is 0.308. The molecule has 3 heteroatoms. The fourth-order valence-electron chi connectivity index (χ4n) is 2.31. The number of rotatable bonds is 0. The molecule has 1 aliphatic rings. The number of nitrogens with one attached hydrogen (secondary N) is 2. The van der Waals surface area contributed by atoms with E-state index in [1.54, 1.807) is 0 Å². The topological polar surface area (TPSA) is 40.7 Å². The van der Waals surface area contributed by atoms with Crippen molar-refractivity contribution in [3.63, 3.8) is 0 Å². The summed E-state index contributed by atoms with van der Waals surface area (Å²) in [5, 5.41) is 10.8. The maximum atomic E-state index is 4.14. The van der Waals surface area contributed by atoms with Crippen molar-refractivity contribution in [3.05, 3.63) is 35.0 Å². The highest BCUT2D eigenvalue weighted by molar-refractivity contribution is 5.81. The van der Waals surface area contributed by atoms with Crippen molar-refractivity contribution in [1.82, 2.24) is 10.2 Å². The Bertz CT molecular complexity index is 540. The summed E-state index contributed by atoms with van der Waals surface area (Å²) in [7, 11) is 0. The van der Waals surface area contributed by atoms with Crippen LogP contribution in [-0.4, -0.2) is 16.7 Å². The number of nitrogens with zero attached hydrogens (tertiary/aromatic N) is 1. The molecular formula is C13H15N3. The first-order chi connectivity index (χ1) is 7.77. The first-order valence-electron chi connectivity index (χ1n) is 5.64. The van der Waals surface area contributed by atoms with Gasteiger partial charge in [-0.05, 0) is 37.0 Å². The Morgan fingerprint density at radius 1 is 1.25 bits per heavy atom. The van der Waals surface area contributed by atoms with Crippen molar-refractivity contribution >= 4 is 5.69 Å². The zero-order valence-electron chi connectivity index (χ0n) is 9.59. The van der Waals surface area contributed by atoms with Gasteiger partial charge in [0.1, 0.15) is 0 Å². The number of aromatic nitrogens is 2. The van der Waals surface area contributed by atoms with Gasteiger partial charge in [-0.3, -0.25) is 5.10 Å². The molecule has 1 aliphatic heterocycles. The van der Waals surface area contributed by atoms with Gasteiger partial charge in [-0.15, -0.1) is 0 Å². The third kappa shape index (κ3) is 1.24. The molecule has 3 rings (SSSR count). The Morgan fingerprint density at radius 2 is 2.12 bits per heavy atom. The van der Waals surface area contributed by atoms with Crippen LogP contribution in [0.15, 0.2) is 18.3 Å². The number of hydrogen-bond donors (Lipinski definition) is 2. The van der Waals surface area contributed by atoms with Gasteiger partial charge in [-0.1, -0.05) is 12.1 Å². The molecule has 0 bridgehead atoms. The summed E-state index contributed by atoms with van der Waals surface area (Å²) in [4.78, 5) is 0. The zero-order valence-corrected chi connectivity index (χ0v) is 9.59. The van der Waals surface area contributed by atoms with Gasteiger partial charge in [0, 0.05) is 17.8 Å². The predicted octanol–water partition coefficient (Wildman–Crippen LogP) is 2.66. The van der Waals surface area contributed by atoms with Crippen molar-refractivity contribution in [2.75, 3.05) is 11.9 Å². The summed E-state index contributed by atoms with van der Waals surface area (Å²) in [5.74, 6) is 0. The Hall–Kier alpha value is -1.77. The van der Waals surface area contributed by atoms with Crippen LogP contribution >= 0.6 is 0 Å². The number of benzene rings is 1. The maximum absolute atomic E-state index is 4.14. The van der Waals surface area contributed by atoms with Crippen LogP contribution in [0.2, 0.25) is 0 Å². The third-order valence-corrected chi connectivity index (χ3v) is 3.42. The number of fused-ring (bicyclic) bond motifs is 3. The Morgan fingerprint density at radius 3 is 3.00 bits per heavy atom. The first kappa shape index (κ1) is 9.46. The van der Waals surface area contributed by atoms with Gasteiger partial charge >= 0.3 is 0 Å². The molecule has 0 saturated carbocycles. The molecule has 0 spiro atoms. The van der Waals surface area contributed by atoms with E-state index in [9.17, 15) is 0 Å². The van der Waals surface area contributed by atoms with Crippen LogP contribution in [0.25, 0.3) is 11.3 Å². The molecule has 16 heavy (non-hydrogen) atoms. The van der Waals surface area contributed by atoms with Crippen molar-refractivity contribution < 1.29 is 0 Å². The smallest absolute Gasteiger partial charge is 0.0703 e. The lowest BCUT2D eigenvalue weighted by Crippen LogP contribution is -2.04. The van der Waals surface area contributed by atoms with Gasteiger partial charge in [0.05, 0.1) is 11.9 Å². The predicted molar refractivity (Wildman–Crippen MR) is 65.7 cm³/mol. The molecule has 2 aromatic rings. The Kier molecular flexibility index (Phi) is 1.99. The van der Waals surface area contributed by atoms with Crippen LogP contribution in [0.5, 0.6) is 0 Å². The second kappa shape index (κ2) is 3.37. The van der Waals surface area contributed by atoms with Crippen LogP contribution in [-0.2, 0) is 6.42 Å². The van der Waals surface area contributed by atoms with Crippen LogP contribution in [0.3, 0.4) is 0 Å². The Balaban J connectivity index is 2.29. The monoisotopic (exact) mass is 213 g/mol. The molecule has 2 N–H and O–H groups in total. The van der Waals surface area contributed by atoms with E-state index in [4.69, 9.17) is 0 Å². The molecular weight excluding hydrogens is 198 g/mol. The molecule has 0 unspecified atom stereocenters. The van der Waals surface area contributed by atoms with E-state index in [-0.39, 0.29) is 0 Å². The van der Waals surface area contributed by atoms with Gasteiger partial charge in [-0.25, -0.2) is 0 Å². The number of aryl methyl sites for hydroxylation is 1. The van der Waals surface area contributed by atoms with Crippen molar-refractivity contribution in [2.45, 2.75) is 20.3 Å². The number of anilines is 1. The SMILES string of the molecule is Cc1ccc2c(c1C)NCCc1cn[nH]c1-2. The second-order valence-electron chi connectivity index (χ2n) is 4.38. The highest BCUT2D eigenvalue weighted by Crippen LogP contribution is 2.35. The van der Waals surface area contributed by atoms with E-state index in [0.29, 0.717) is 0 Å². The van der Waals surface area contributed by atoms with Crippen LogP contribution in [0, 0.1) is 13.8 Å². The number of aromatic amines is 1. The van der Waals surface area contributed by atoms with Crippen molar-refractivity contribution in [2.24, 2.45) is 0 Å². The molecule has 1 aromatic heterocycles. The molecule has 0 aliphatic carbocycles. The normalized spacial score (nSPS) is 13.6. The number of H-pyrrole nitrogens is 1. The van der Waals surface area contributed by atoms with Crippen LogP contribution in [0.4, 0.5) is 5.69 Å². The largest absolute Gasteiger partial charge is 0.384 e. The van der Waals surface area contributed by atoms with E-state index in [2.05, 4.69) is 41.5 Å². The summed E-state index contributed by atoms with van der Waals surface area (Å²) in [6.45, 7) is 5.29. The molecule has 0 amide bonds. The lowest BCUT2D eigenvalue weighted by atomic mass is 10.00. The van der Waals surface area contributed by atoms with E-state index >= 15 is 0 Å². The second-order valence-corrected chi connectivity index (χ2v) is 4.38. The summed E-state index contributed by atoms with van der Waals surface area (Å²) in [6, 6.07) is 4.35. The molecule has 0 fully saturated rings. The van der Waals surface area contributed by atoms with E-state index < -0.39 is 0 Å². The van der Waals surface area contributed by atoms with Crippen molar-refractivity contribution in [1.29, 1.82) is 0 Å². The van der Waals surface area contributed by atoms with Crippen molar-refractivity contribution in [3.8, 4) is 11.3 Å². The van der Waals surface area contributed by atoms with Crippen LogP contribution in [0.1, 0.15) is 16.7 Å². The molecule has 0 radical (unpaired) electrons. The minimum atomic E-state index is 0.976. The fourth-order valence-corrected chi connectivity index (χ4v) is 2.31. The quantitative estimate of drug-likeness (QED) is 0.706. The van der Waals surface area contributed by atoms with Gasteiger partial charge < -0.3 is 5.32 Å². The van der Waals surface area contributed by atoms with Gasteiger partial charge in [0.15, 0.2) is 0 Å². The average Bonchev–Trinajstić information content (AvgIpc) is 2.66. The minimum absolute atomic E-state index is 0.976. The van der Waals surface area contributed by atoms with E-state index in [1.807, 2.05) is 6.20 Å².